The Labute approximate surface area is 183 Å². The Hall–Kier alpha value is -2.46. The van der Waals surface area contributed by atoms with Crippen LogP contribution in [0, 0.1) is 0 Å². The second-order valence-corrected chi connectivity index (χ2v) is 8.96. The van der Waals surface area contributed by atoms with Crippen LogP contribution < -0.4 is 14.8 Å². The summed E-state index contributed by atoms with van der Waals surface area (Å²) in [5, 5.41) is 2.82. The van der Waals surface area contributed by atoms with Gasteiger partial charge in [0.2, 0.25) is 10.0 Å². The summed E-state index contributed by atoms with van der Waals surface area (Å²) in [6.45, 7) is 4.73. The molecule has 1 fully saturated rings. The van der Waals surface area contributed by atoms with Crippen LogP contribution in [0.3, 0.4) is 0 Å². The lowest BCUT2D eigenvalue weighted by Crippen LogP contribution is -2.42. The van der Waals surface area contributed by atoms with Gasteiger partial charge in [0.1, 0.15) is 5.75 Å². The number of nitrogens with one attached hydrogen (secondary N) is 2. The third-order valence-electron chi connectivity index (χ3n) is 4.91. The predicted molar refractivity (Wildman–Crippen MR) is 118 cm³/mol. The van der Waals surface area contributed by atoms with E-state index in [1.165, 1.54) is 12.1 Å². The fourth-order valence-electron chi connectivity index (χ4n) is 3.15. The summed E-state index contributed by atoms with van der Waals surface area (Å²) < 4.78 is 38.2. The molecule has 0 atom stereocenters. The Morgan fingerprint density at radius 2 is 1.71 bits per heavy atom. The van der Waals surface area contributed by atoms with Crippen molar-refractivity contribution >= 4 is 15.9 Å². The van der Waals surface area contributed by atoms with Gasteiger partial charge in [-0.15, -0.1) is 0 Å². The van der Waals surface area contributed by atoms with E-state index >= 15 is 0 Å². The van der Waals surface area contributed by atoms with Crippen molar-refractivity contribution in [3.05, 3.63) is 60.2 Å². The minimum atomic E-state index is -3.60. The Bertz CT molecular complexity index is 914. The zero-order chi connectivity index (χ0) is 21.9. The summed E-state index contributed by atoms with van der Waals surface area (Å²) in [5.41, 5.74) is 1.07. The van der Waals surface area contributed by atoms with Gasteiger partial charge >= 0.3 is 0 Å². The highest BCUT2D eigenvalue weighted by Crippen LogP contribution is 2.16. The van der Waals surface area contributed by atoms with Gasteiger partial charge in [0, 0.05) is 32.7 Å². The van der Waals surface area contributed by atoms with Gasteiger partial charge in [-0.1, -0.05) is 30.3 Å². The Kier molecular flexibility index (Phi) is 8.84. The number of sulfonamides is 1. The number of rotatable bonds is 11. The molecule has 0 bridgehead atoms. The molecule has 1 aliphatic rings. The Morgan fingerprint density at radius 3 is 2.42 bits per heavy atom. The molecule has 0 spiro atoms. The minimum absolute atomic E-state index is 0.121. The number of benzene rings is 2. The molecule has 1 amide bonds. The molecule has 31 heavy (non-hydrogen) atoms. The molecule has 0 radical (unpaired) electrons. The Balaban J connectivity index is 1.37. The van der Waals surface area contributed by atoms with E-state index in [0.29, 0.717) is 25.3 Å². The molecule has 8 nitrogen and oxygen atoms in total. The maximum atomic E-state index is 12.4. The summed E-state index contributed by atoms with van der Waals surface area (Å²) in [6, 6.07) is 15.7. The van der Waals surface area contributed by atoms with Crippen LogP contribution in [0.5, 0.6) is 5.75 Å². The van der Waals surface area contributed by atoms with Gasteiger partial charge < -0.3 is 14.8 Å². The standard InChI is InChI=1S/C22H29N3O5S/c26-22(23-12-13-25-14-16-29-17-15-25)18-30-20-6-8-21(9-7-20)31(27,28)24-11-10-19-4-2-1-3-5-19/h1-9,24H,10-18H2,(H,23,26). The fourth-order valence-corrected chi connectivity index (χ4v) is 4.18. The quantitative estimate of drug-likeness (QED) is 0.534. The highest BCUT2D eigenvalue weighted by atomic mass is 32.2. The number of carbonyl (C=O) groups excluding carboxylic acids is 1. The van der Waals surface area contributed by atoms with Crippen LogP contribution >= 0.6 is 0 Å². The van der Waals surface area contributed by atoms with Crippen LogP contribution in [0.4, 0.5) is 0 Å². The maximum absolute atomic E-state index is 12.4. The molecular formula is C22H29N3O5S. The van der Waals surface area contributed by atoms with Gasteiger partial charge in [0.15, 0.2) is 6.61 Å². The Morgan fingerprint density at radius 1 is 1.00 bits per heavy atom. The molecule has 1 saturated heterocycles. The number of morpholine rings is 1. The summed E-state index contributed by atoms with van der Waals surface area (Å²) >= 11 is 0. The second kappa shape index (κ2) is 11.8. The van der Waals surface area contributed by atoms with Crippen molar-refractivity contribution in [2.45, 2.75) is 11.3 Å². The lowest BCUT2D eigenvalue weighted by molar-refractivity contribution is -0.123. The van der Waals surface area contributed by atoms with E-state index in [9.17, 15) is 13.2 Å². The van der Waals surface area contributed by atoms with Crippen molar-refractivity contribution in [3.63, 3.8) is 0 Å². The van der Waals surface area contributed by atoms with Crippen molar-refractivity contribution in [2.24, 2.45) is 0 Å². The predicted octanol–water partition coefficient (Wildman–Crippen LogP) is 1.03. The van der Waals surface area contributed by atoms with Crippen LogP contribution in [0.2, 0.25) is 0 Å². The summed E-state index contributed by atoms with van der Waals surface area (Å²) in [4.78, 5) is 14.3. The molecular weight excluding hydrogens is 418 g/mol. The lowest BCUT2D eigenvalue weighted by Gasteiger charge is -2.26. The lowest BCUT2D eigenvalue weighted by atomic mass is 10.2. The van der Waals surface area contributed by atoms with Crippen molar-refractivity contribution in [2.75, 3.05) is 52.5 Å². The number of carbonyl (C=O) groups is 1. The van der Waals surface area contributed by atoms with Crippen molar-refractivity contribution in [1.82, 2.24) is 14.9 Å². The summed E-state index contributed by atoms with van der Waals surface area (Å²) in [7, 11) is -3.60. The highest BCUT2D eigenvalue weighted by Gasteiger charge is 2.14. The van der Waals surface area contributed by atoms with Crippen LogP contribution in [-0.2, 0) is 26.0 Å². The average Bonchev–Trinajstić information content (AvgIpc) is 2.79. The number of ether oxygens (including phenoxy) is 2. The molecule has 168 valence electrons. The van der Waals surface area contributed by atoms with Crippen LogP contribution in [0.15, 0.2) is 59.5 Å². The van der Waals surface area contributed by atoms with E-state index < -0.39 is 10.0 Å². The number of nitrogens with zero attached hydrogens (tertiary/aromatic N) is 1. The van der Waals surface area contributed by atoms with Gasteiger partial charge in [0.05, 0.1) is 18.1 Å². The molecule has 1 heterocycles. The minimum Gasteiger partial charge on any atom is -0.484 e. The first-order valence-electron chi connectivity index (χ1n) is 10.4. The maximum Gasteiger partial charge on any atom is 0.257 e. The van der Waals surface area contributed by atoms with E-state index in [4.69, 9.17) is 9.47 Å². The van der Waals surface area contributed by atoms with Crippen LogP contribution in [0.25, 0.3) is 0 Å². The van der Waals surface area contributed by atoms with Gasteiger partial charge in [-0.2, -0.15) is 0 Å². The van der Waals surface area contributed by atoms with Crippen LogP contribution in [0.1, 0.15) is 5.56 Å². The van der Waals surface area contributed by atoms with Gasteiger partial charge in [-0.3, -0.25) is 9.69 Å². The molecule has 0 saturated carbocycles. The number of amides is 1. The molecule has 1 aliphatic heterocycles. The van der Waals surface area contributed by atoms with Crippen molar-refractivity contribution < 1.29 is 22.7 Å². The average molecular weight is 448 g/mol. The normalized spacial score (nSPS) is 14.8. The van der Waals surface area contributed by atoms with E-state index in [0.717, 1.165) is 38.4 Å². The number of hydrogen-bond acceptors (Lipinski definition) is 6. The summed E-state index contributed by atoms with van der Waals surface area (Å²) in [6.07, 6.45) is 0.613. The number of hydrogen-bond donors (Lipinski definition) is 2. The van der Waals surface area contributed by atoms with E-state index in [2.05, 4.69) is 14.9 Å². The first-order valence-corrected chi connectivity index (χ1v) is 11.8. The van der Waals surface area contributed by atoms with Gasteiger partial charge in [0.25, 0.3) is 5.91 Å². The first-order chi connectivity index (χ1) is 15.0. The molecule has 0 aromatic heterocycles. The van der Waals surface area contributed by atoms with Crippen LogP contribution in [-0.4, -0.2) is 71.8 Å². The molecule has 0 aliphatic carbocycles. The third-order valence-corrected chi connectivity index (χ3v) is 6.38. The molecule has 2 N–H and O–H groups in total. The third kappa shape index (κ3) is 7.95. The van der Waals surface area contributed by atoms with Crippen molar-refractivity contribution in [3.8, 4) is 5.75 Å². The summed E-state index contributed by atoms with van der Waals surface area (Å²) in [5.74, 6) is 0.221. The van der Waals surface area contributed by atoms with E-state index in [-0.39, 0.29) is 17.4 Å². The highest BCUT2D eigenvalue weighted by molar-refractivity contribution is 7.89. The second-order valence-electron chi connectivity index (χ2n) is 7.20. The molecule has 3 rings (SSSR count). The van der Waals surface area contributed by atoms with E-state index in [1.54, 1.807) is 12.1 Å². The monoisotopic (exact) mass is 447 g/mol. The smallest absolute Gasteiger partial charge is 0.257 e. The zero-order valence-corrected chi connectivity index (χ0v) is 18.3. The molecule has 2 aromatic rings. The zero-order valence-electron chi connectivity index (χ0n) is 17.5. The molecule has 0 unspecified atom stereocenters. The largest absolute Gasteiger partial charge is 0.484 e. The van der Waals surface area contributed by atoms with Gasteiger partial charge in [-0.05, 0) is 36.2 Å². The van der Waals surface area contributed by atoms with E-state index in [1.807, 2.05) is 30.3 Å². The van der Waals surface area contributed by atoms with Crippen molar-refractivity contribution in [1.29, 1.82) is 0 Å². The fraction of sp³-hybridized carbons (Fsp3) is 0.409. The first kappa shape index (κ1) is 23.2. The molecule has 2 aromatic carbocycles. The topological polar surface area (TPSA) is 97.0 Å². The van der Waals surface area contributed by atoms with Gasteiger partial charge in [-0.25, -0.2) is 13.1 Å². The molecule has 9 heteroatoms. The SMILES string of the molecule is O=C(COc1ccc(S(=O)(=O)NCCc2ccccc2)cc1)NCCN1CCOCC1.